The van der Waals surface area contributed by atoms with Crippen molar-refractivity contribution in [2.45, 2.75) is 17.4 Å². The van der Waals surface area contributed by atoms with Crippen LogP contribution in [-0.2, 0) is 25.1 Å². The summed E-state index contributed by atoms with van der Waals surface area (Å²) in [5.41, 5.74) is -3.11. The molecule has 3 aromatic rings. The summed E-state index contributed by atoms with van der Waals surface area (Å²) in [6.07, 6.45) is 0. The highest BCUT2D eigenvalue weighted by molar-refractivity contribution is 7.89. The van der Waals surface area contributed by atoms with Gasteiger partial charge < -0.3 is 10.1 Å². The van der Waals surface area contributed by atoms with Crippen molar-refractivity contribution in [3.63, 3.8) is 0 Å². The Morgan fingerprint density at radius 2 is 1.47 bits per heavy atom. The molecule has 3 rings (SSSR count). The number of rotatable bonds is 10. The molecule has 1 amide bonds. The molecule has 38 heavy (non-hydrogen) atoms. The first-order valence-electron chi connectivity index (χ1n) is 10.9. The van der Waals surface area contributed by atoms with Crippen LogP contribution in [0.1, 0.15) is 21.5 Å². The van der Waals surface area contributed by atoms with E-state index < -0.39 is 60.8 Å². The van der Waals surface area contributed by atoms with E-state index in [1.165, 1.54) is 24.3 Å². The number of nitrogens with zero attached hydrogens (tertiary/aromatic N) is 2. The summed E-state index contributed by atoms with van der Waals surface area (Å²) in [4.78, 5) is 46.6. The van der Waals surface area contributed by atoms with E-state index in [1.807, 2.05) is 0 Å². The van der Waals surface area contributed by atoms with E-state index in [9.17, 15) is 38.2 Å². The normalized spacial score (nSPS) is 12.7. The SMILES string of the molecule is COC(=O)C(CNC(=O)c1cc([N+](=O)[O-])cc([N+](=O)[O-])c1)(NS(=O)(=O)c1ccc(C)cc1)c1ccccc1. The predicted molar refractivity (Wildman–Crippen MR) is 134 cm³/mol. The van der Waals surface area contributed by atoms with Crippen molar-refractivity contribution < 1.29 is 32.6 Å². The second kappa shape index (κ2) is 11.1. The third kappa shape index (κ3) is 5.99. The maximum absolute atomic E-state index is 13.3. The molecule has 0 aromatic heterocycles. The van der Waals surface area contributed by atoms with Crippen molar-refractivity contribution >= 4 is 33.3 Å². The number of non-ortho nitro benzene ring substituents is 2. The summed E-state index contributed by atoms with van der Waals surface area (Å²) in [6.45, 7) is 1.06. The zero-order valence-corrected chi connectivity index (χ0v) is 20.9. The molecule has 0 spiro atoms. The number of ether oxygens (including phenoxy) is 1. The number of amides is 1. The molecular formula is C24H22N4O9S. The van der Waals surface area contributed by atoms with Gasteiger partial charge in [-0.3, -0.25) is 25.0 Å². The third-order valence-corrected chi connectivity index (χ3v) is 7.05. The van der Waals surface area contributed by atoms with Crippen LogP contribution in [0.5, 0.6) is 0 Å². The summed E-state index contributed by atoms with van der Waals surface area (Å²) in [5.74, 6) is -2.10. The van der Waals surface area contributed by atoms with Gasteiger partial charge in [-0.25, -0.2) is 13.2 Å². The number of carbonyl (C=O) groups excluding carboxylic acids is 2. The summed E-state index contributed by atoms with van der Waals surface area (Å²) >= 11 is 0. The van der Waals surface area contributed by atoms with Crippen LogP contribution >= 0.6 is 0 Å². The van der Waals surface area contributed by atoms with Crippen LogP contribution in [0, 0.1) is 27.2 Å². The summed E-state index contributed by atoms with van der Waals surface area (Å²) < 4.78 is 33.9. The van der Waals surface area contributed by atoms with Crippen LogP contribution in [0.15, 0.2) is 77.7 Å². The molecule has 0 aliphatic carbocycles. The van der Waals surface area contributed by atoms with E-state index in [4.69, 9.17) is 4.74 Å². The van der Waals surface area contributed by atoms with Gasteiger partial charge in [-0.15, -0.1) is 0 Å². The molecule has 13 nitrogen and oxygen atoms in total. The molecular weight excluding hydrogens is 520 g/mol. The fraction of sp³-hybridized carbons (Fsp3) is 0.167. The molecule has 0 aliphatic rings. The second-order valence-electron chi connectivity index (χ2n) is 8.12. The van der Waals surface area contributed by atoms with Crippen molar-refractivity contribution in [2.75, 3.05) is 13.7 Å². The Bertz CT molecular complexity index is 1460. The Kier molecular flexibility index (Phi) is 8.18. The van der Waals surface area contributed by atoms with Gasteiger partial charge in [0.15, 0.2) is 5.54 Å². The number of nitro benzene ring substituents is 2. The Labute approximate surface area is 216 Å². The van der Waals surface area contributed by atoms with E-state index in [-0.39, 0.29) is 10.5 Å². The molecule has 2 N–H and O–H groups in total. The van der Waals surface area contributed by atoms with E-state index in [0.29, 0.717) is 6.07 Å². The smallest absolute Gasteiger partial charge is 0.333 e. The largest absolute Gasteiger partial charge is 0.467 e. The lowest BCUT2D eigenvalue weighted by Gasteiger charge is -2.32. The predicted octanol–water partition coefficient (Wildman–Crippen LogP) is 2.59. The van der Waals surface area contributed by atoms with Gasteiger partial charge in [-0.1, -0.05) is 48.0 Å². The zero-order valence-electron chi connectivity index (χ0n) is 20.1. The molecule has 198 valence electrons. The van der Waals surface area contributed by atoms with Crippen molar-refractivity contribution in [1.29, 1.82) is 0 Å². The van der Waals surface area contributed by atoms with Crippen LogP contribution in [0.3, 0.4) is 0 Å². The molecule has 0 bridgehead atoms. The number of carbonyl (C=O) groups is 2. The minimum absolute atomic E-state index is 0.118. The number of nitro groups is 2. The van der Waals surface area contributed by atoms with Crippen molar-refractivity contribution in [3.8, 4) is 0 Å². The van der Waals surface area contributed by atoms with Gasteiger partial charge in [0.1, 0.15) is 0 Å². The summed E-state index contributed by atoms with van der Waals surface area (Å²) in [6, 6.07) is 15.7. The lowest BCUT2D eigenvalue weighted by molar-refractivity contribution is -0.394. The fourth-order valence-corrected chi connectivity index (χ4v) is 4.93. The van der Waals surface area contributed by atoms with Gasteiger partial charge in [-0.2, -0.15) is 4.72 Å². The standard InChI is InChI=1S/C24H22N4O9S/c1-16-8-10-21(11-9-16)38(35,36)26-24(23(30)37-2,18-6-4-3-5-7-18)15-25-22(29)17-12-19(27(31)32)14-20(13-17)28(33)34/h3-14,26H,15H2,1-2H3,(H,25,29). The summed E-state index contributed by atoms with van der Waals surface area (Å²) in [5, 5.41) is 24.8. The molecule has 3 aromatic carbocycles. The minimum atomic E-state index is -4.37. The number of hydrogen-bond donors (Lipinski definition) is 2. The Balaban J connectivity index is 2.07. The zero-order chi connectivity index (χ0) is 28.1. The number of sulfonamides is 1. The molecule has 14 heteroatoms. The quantitative estimate of drug-likeness (QED) is 0.220. The maximum atomic E-state index is 13.3. The van der Waals surface area contributed by atoms with Crippen molar-refractivity contribution in [1.82, 2.24) is 10.0 Å². The Morgan fingerprint density at radius 1 is 0.921 bits per heavy atom. The Hall–Kier alpha value is -4.69. The molecule has 0 fully saturated rings. The van der Waals surface area contributed by atoms with Crippen LogP contribution < -0.4 is 10.0 Å². The maximum Gasteiger partial charge on any atom is 0.333 e. The average Bonchev–Trinajstić information content (AvgIpc) is 2.90. The highest BCUT2D eigenvalue weighted by Gasteiger charge is 2.46. The van der Waals surface area contributed by atoms with Gasteiger partial charge in [-0.05, 0) is 24.6 Å². The van der Waals surface area contributed by atoms with E-state index >= 15 is 0 Å². The van der Waals surface area contributed by atoms with Crippen molar-refractivity contribution in [3.05, 3.63) is 110 Å². The van der Waals surface area contributed by atoms with E-state index in [2.05, 4.69) is 10.0 Å². The van der Waals surface area contributed by atoms with E-state index in [1.54, 1.807) is 37.3 Å². The van der Waals surface area contributed by atoms with Gasteiger partial charge >= 0.3 is 5.97 Å². The molecule has 0 saturated heterocycles. The van der Waals surface area contributed by atoms with Gasteiger partial charge in [0.05, 0.1) is 40.0 Å². The molecule has 0 radical (unpaired) electrons. The lowest BCUT2D eigenvalue weighted by Crippen LogP contribution is -2.58. The van der Waals surface area contributed by atoms with Crippen LogP contribution in [0.2, 0.25) is 0 Å². The minimum Gasteiger partial charge on any atom is -0.467 e. The highest BCUT2D eigenvalue weighted by atomic mass is 32.2. The molecule has 1 atom stereocenters. The molecule has 0 saturated carbocycles. The van der Waals surface area contributed by atoms with E-state index in [0.717, 1.165) is 24.8 Å². The van der Waals surface area contributed by atoms with Gasteiger partial charge in [0.25, 0.3) is 17.3 Å². The number of hydrogen-bond acceptors (Lipinski definition) is 9. The first-order valence-corrected chi connectivity index (χ1v) is 12.3. The van der Waals surface area contributed by atoms with Gasteiger partial charge in [0, 0.05) is 12.1 Å². The van der Waals surface area contributed by atoms with Crippen LogP contribution in [-0.4, -0.2) is 43.8 Å². The number of esters is 1. The van der Waals surface area contributed by atoms with Gasteiger partial charge in [0.2, 0.25) is 10.0 Å². The van der Waals surface area contributed by atoms with Crippen molar-refractivity contribution in [2.24, 2.45) is 0 Å². The average molecular weight is 543 g/mol. The highest BCUT2D eigenvalue weighted by Crippen LogP contribution is 2.27. The first-order chi connectivity index (χ1) is 17.9. The fourth-order valence-electron chi connectivity index (χ4n) is 3.58. The Morgan fingerprint density at radius 3 is 1.97 bits per heavy atom. The number of aryl methyl sites for hydroxylation is 1. The monoisotopic (exact) mass is 542 g/mol. The number of benzene rings is 3. The third-order valence-electron chi connectivity index (χ3n) is 5.54. The molecule has 0 aliphatic heterocycles. The summed E-state index contributed by atoms with van der Waals surface area (Å²) in [7, 11) is -3.33. The molecule has 0 heterocycles. The second-order valence-corrected chi connectivity index (χ2v) is 9.80. The number of nitrogens with one attached hydrogen (secondary N) is 2. The lowest BCUT2D eigenvalue weighted by atomic mass is 9.90. The first kappa shape index (κ1) is 27.9. The topological polar surface area (TPSA) is 188 Å². The number of methoxy groups -OCH3 is 1. The van der Waals surface area contributed by atoms with Crippen LogP contribution in [0.25, 0.3) is 0 Å². The molecule has 1 unspecified atom stereocenters. The van der Waals surface area contributed by atoms with Crippen LogP contribution in [0.4, 0.5) is 11.4 Å².